The molecular formula is C48H71ClFN5O5. The summed E-state index contributed by atoms with van der Waals surface area (Å²) in [6.07, 6.45) is 10.7. The van der Waals surface area contributed by atoms with E-state index in [9.17, 15) is 14.4 Å². The first-order valence-corrected chi connectivity index (χ1v) is 22.0. The van der Waals surface area contributed by atoms with Gasteiger partial charge in [-0.15, -0.1) is 0 Å². The summed E-state index contributed by atoms with van der Waals surface area (Å²) in [5.41, 5.74) is 10.5. The molecule has 3 unspecified atom stereocenters. The van der Waals surface area contributed by atoms with Crippen molar-refractivity contribution in [1.82, 2.24) is 15.6 Å². The molecule has 1 aliphatic rings. The van der Waals surface area contributed by atoms with Crippen LogP contribution >= 0.6 is 11.6 Å². The van der Waals surface area contributed by atoms with E-state index in [1.165, 1.54) is 32.0 Å². The van der Waals surface area contributed by atoms with E-state index in [1.54, 1.807) is 38.3 Å². The highest BCUT2D eigenvalue weighted by Gasteiger charge is 2.30. The molecular weight excluding hydrogens is 781 g/mol. The first-order valence-electron chi connectivity index (χ1n) is 21.6. The lowest BCUT2D eigenvalue weighted by Gasteiger charge is -2.35. The lowest BCUT2D eigenvalue weighted by Crippen LogP contribution is -2.49. The number of fused-ring (bicyclic) bond motifs is 1. The average molecular weight is 853 g/mol. The van der Waals surface area contributed by atoms with Gasteiger partial charge in [-0.3, -0.25) is 14.4 Å². The summed E-state index contributed by atoms with van der Waals surface area (Å²) in [6.45, 7) is 19.2. The lowest BCUT2D eigenvalue weighted by molar-refractivity contribution is -0.127. The van der Waals surface area contributed by atoms with Crippen LogP contribution in [0.2, 0.25) is 5.02 Å². The number of anilines is 1. The summed E-state index contributed by atoms with van der Waals surface area (Å²) >= 11 is 6.86. The summed E-state index contributed by atoms with van der Waals surface area (Å²) in [7, 11) is 3.02. The number of nitrogens with zero attached hydrogens (tertiary/aromatic N) is 1. The number of benzene rings is 2. The maximum absolute atomic E-state index is 15.3. The molecule has 3 aromatic rings. The Morgan fingerprint density at radius 3 is 2.28 bits per heavy atom. The smallest absolute Gasteiger partial charge is 0.260 e. The Labute approximate surface area is 363 Å². The fourth-order valence-corrected chi connectivity index (χ4v) is 7.39. The van der Waals surface area contributed by atoms with Crippen molar-refractivity contribution in [2.45, 2.75) is 132 Å². The van der Waals surface area contributed by atoms with Crippen molar-refractivity contribution < 1.29 is 28.6 Å². The molecule has 0 saturated carbocycles. The van der Waals surface area contributed by atoms with Gasteiger partial charge >= 0.3 is 0 Å². The van der Waals surface area contributed by atoms with Crippen LogP contribution in [0.4, 0.5) is 10.1 Å². The van der Waals surface area contributed by atoms with Crippen LogP contribution in [0.1, 0.15) is 129 Å². The second kappa shape index (κ2) is 25.5. The number of halogens is 2. The Kier molecular flexibility index (Phi) is 22.0. The van der Waals surface area contributed by atoms with Crippen molar-refractivity contribution in [2.75, 3.05) is 32.6 Å². The standard InChI is InChI=1S/C29H30ClFN4O3.C16H33NO.C3H8O/c1-15-8-9-17-14-23(35-29(38-4)24(15)17)19-10-11-21(31)25(26(19)30)18-6-5-7-22(16(18)2)34-28(37)20(12-13-32)27(36)33-3;1-7-13(5)11-12-16(9-3,10-4)17-15(18)14(6)8-2;1-2-3-4/h5-7,10-12,14-15H,8-9,13,32H2,1-4H3,(H,33,36)(H,34,37);13-14H,7-12H2,1-6H3,(H,17,18);4H,2-3H2,1H3/b20-12+;;. The molecule has 3 atom stereocenters. The van der Waals surface area contributed by atoms with Crippen LogP contribution in [0.5, 0.6) is 5.88 Å². The van der Waals surface area contributed by atoms with Gasteiger partial charge in [-0.05, 0) is 111 Å². The number of pyridine rings is 1. The zero-order valence-corrected chi connectivity index (χ0v) is 38.7. The molecule has 1 heterocycles. The second-order valence-corrected chi connectivity index (χ2v) is 16.1. The van der Waals surface area contributed by atoms with Crippen LogP contribution in [0, 0.1) is 24.6 Å². The number of nitrogens with two attached hydrogens (primary N) is 1. The van der Waals surface area contributed by atoms with Crippen molar-refractivity contribution in [3.8, 4) is 28.3 Å². The molecule has 3 amide bonds. The number of ether oxygens (including phenoxy) is 1. The van der Waals surface area contributed by atoms with Gasteiger partial charge in [-0.25, -0.2) is 9.37 Å². The van der Waals surface area contributed by atoms with Crippen LogP contribution in [0.15, 0.2) is 48.0 Å². The monoisotopic (exact) mass is 852 g/mol. The number of nitrogens with one attached hydrogen (secondary N) is 3. The van der Waals surface area contributed by atoms with Gasteiger partial charge in [-0.2, -0.15) is 0 Å². The van der Waals surface area contributed by atoms with Crippen molar-refractivity contribution in [3.63, 3.8) is 0 Å². The van der Waals surface area contributed by atoms with Gasteiger partial charge in [0.05, 0.1) is 17.8 Å². The molecule has 0 spiro atoms. The number of hydrogen-bond acceptors (Lipinski definition) is 7. The van der Waals surface area contributed by atoms with Gasteiger partial charge in [-0.1, -0.05) is 91.6 Å². The molecule has 4 rings (SSSR count). The quantitative estimate of drug-likeness (QED) is 0.0514. The zero-order chi connectivity index (χ0) is 45.2. The number of amides is 3. The molecule has 0 fully saturated rings. The van der Waals surface area contributed by atoms with Gasteiger partial charge in [0.2, 0.25) is 11.8 Å². The molecule has 10 nitrogen and oxygen atoms in total. The summed E-state index contributed by atoms with van der Waals surface area (Å²) < 4.78 is 20.9. The average Bonchev–Trinajstić information content (AvgIpc) is 3.64. The van der Waals surface area contributed by atoms with Crippen molar-refractivity contribution in [1.29, 1.82) is 0 Å². The van der Waals surface area contributed by atoms with Gasteiger partial charge < -0.3 is 31.5 Å². The Morgan fingerprint density at radius 2 is 1.73 bits per heavy atom. The van der Waals surface area contributed by atoms with Gasteiger partial charge in [0.25, 0.3) is 11.8 Å². The molecule has 12 heteroatoms. The molecule has 1 aliphatic carbocycles. The number of rotatable bonds is 17. The Morgan fingerprint density at radius 1 is 1.07 bits per heavy atom. The van der Waals surface area contributed by atoms with E-state index < -0.39 is 17.6 Å². The molecule has 0 radical (unpaired) electrons. The lowest BCUT2D eigenvalue weighted by atomic mass is 9.84. The van der Waals surface area contributed by atoms with Crippen LogP contribution in [0.3, 0.4) is 0 Å². The number of aryl methyl sites for hydroxylation is 1. The topological polar surface area (TPSA) is 156 Å². The maximum atomic E-state index is 15.3. The number of carbonyl (C=O) groups excluding carboxylic acids is 3. The van der Waals surface area contributed by atoms with Crippen molar-refractivity contribution in [3.05, 3.63) is 75.6 Å². The Hall–Kier alpha value is -4.32. The van der Waals surface area contributed by atoms with E-state index in [0.29, 0.717) is 46.5 Å². The normalized spacial score (nSPS) is 14.4. The van der Waals surface area contributed by atoms with E-state index in [1.807, 2.05) is 19.9 Å². The van der Waals surface area contributed by atoms with Crippen molar-refractivity contribution >= 4 is 35.0 Å². The van der Waals surface area contributed by atoms with Gasteiger partial charge in [0.15, 0.2) is 0 Å². The van der Waals surface area contributed by atoms with Gasteiger partial charge in [0, 0.05) is 54.0 Å². The van der Waals surface area contributed by atoms with E-state index in [4.69, 9.17) is 32.2 Å². The van der Waals surface area contributed by atoms with E-state index in [-0.39, 0.29) is 40.1 Å². The highest BCUT2D eigenvalue weighted by atomic mass is 35.5. The molecule has 0 saturated heterocycles. The predicted octanol–water partition coefficient (Wildman–Crippen LogP) is 10.1. The molecule has 1 aromatic heterocycles. The summed E-state index contributed by atoms with van der Waals surface area (Å²) in [6, 6.07) is 10.1. The third kappa shape index (κ3) is 13.6. The number of aliphatic hydroxyl groups is 1. The number of hydrogen-bond donors (Lipinski definition) is 5. The van der Waals surface area contributed by atoms with Gasteiger partial charge in [0.1, 0.15) is 11.4 Å². The minimum absolute atomic E-state index is 0.0171. The van der Waals surface area contributed by atoms with E-state index in [0.717, 1.165) is 62.0 Å². The highest BCUT2D eigenvalue weighted by Crippen LogP contribution is 2.44. The third-order valence-electron chi connectivity index (χ3n) is 11.7. The third-order valence-corrected chi connectivity index (χ3v) is 12.1. The van der Waals surface area contributed by atoms with Crippen LogP contribution in [-0.4, -0.2) is 60.7 Å². The summed E-state index contributed by atoms with van der Waals surface area (Å²) in [5, 5.41) is 16.6. The molecule has 0 bridgehead atoms. The van der Waals surface area contributed by atoms with Crippen molar-refractivity contribution in [2.24, 2.45) is 17.6 Å². The number of likely N-dealkylation sites (N-methyl/N-ethyl adjacent to an activating group) is 1. The summed E-state index contributed by atoms with van der Waals surface area (Å²) in [4.78, 5) is 41.8. The van der Waals surface area contributed by atoms with Crippen LogP contribution in [0.25, 0.3) is 22.4 Å². The first kappa shape index (κ1) is 51.8. The van der Waals surface area contributed by atoms with Crippen LogP contribution in [-0.2, 0) is 20.8 Å². The SMILES string of the molecule is CCC(C)CCC(CC)(CC)NC(=O)C(C)CC.CCCO.CNC(=O)/C(=C\CN)C(=O)Nc1cccc(-c2c(F)ccc(-c3cc4c(c(OC)n3)C(C)CC4)c2Cl)c1C. The summed E-state index contributed by atoms with van der Waals surface area (Å²) in [5.74, 6) is 0.322. The van der Waals surface area contributed by atoms with E-state index in [2.05, 4.69) is 57.5 Å². The second-order valence-electron chi connectivity index (χ2n) is 15.7. The minimum atomic E-state index is -0.626. The first-order chi connectivity index (χ1) is 28.6. The molecule has 332 valence electrons. The number of carbonyl (C=O) groups is 3. The highest BCUT2D eigenvalue weighted by molar-refractivity contribution is 6.36. The molecule has 6 N–H and O–H groups in total. The Balaban J connectivity index is 0.000000472. The number of aromatic nitrogens is 1. The van der Waals surface area contributed by atoms with Crippen LogP contribution < -0.4 is 26.4 Å². The minimum Gasteiger partial charge on any atom is -0.481 e. The zero-order valence-electron chi connectivity index (χ0n) is 37.9. The molecule has 60 heavy (non-hydrogen) atoms. The number of aliphatic hydroxyl groups excluding tert-OH is 1. The number of methoxy groups -OCH3 is 1. The largest absolute Gasteiger partial charge is 0.481 e. The Bertz CT molecular complexity index is 1910. The molecule has 2 aromatic carbocycles. The van der Waals surface area contributed by atoms with E-state index >= 15 is 4.39 Å². The molecule has 0 aliphatic heterocycles. The fraction of sp³-hybridized carbons (Fsp3) is 0.542. The maximum Gasteiger partial charge on any atom is 0.260 e. The fourth-order valence-electron chi connectivity index (χ4n) is 7.04. The predicted molar refractivity (Wildman–Crippen MR) is 245 cm³/mol.